The molecule has 0 aromatic rings. The second-order valence-electron chi connectivity index (χ2n) is 4.23. The minimum Gasteiger partial charge on any atom is -0.271 e. The molecule has 0 aliphatic carbocycles. The molecule has 0 fully saturated rings. The van der Waals surface area contributed by atoms with Gasteiger partial charge in [-0.3, -0.25) is 11.3 Å². The van der Waals surface area contributed by atoms with E-state index in [0.29, 0.717) is 0 Å². The van der Waals surface area contributed by atoms with Crippen molar-refractivity contribution in [3.05, 3.63) is 11.6 Å². The number of allylic oxidation sites excluding steroid dienone is 1. The second-order valence-corrected chi connectivity index (χ2v) is 4.23. The molecule has 0 bridgehead atoms. The minimum atomic E-state index is 0.228. The number of nitrogens with one attached hydrogen (secondary N) is 1. The Morgan fingerprint density at radius 1 is 1.50 bits per heavy atom. The standard InChI is InChI=1S/C10H22N2/c1-6-10(4,5)9(12-11)7-8(2)3/h7,9,12H,6,11H2,1-5H3. The fraction of sp³-hybridized carbons (Fsp3) is 0.800. The molecule has 0 aliphatic heterocycles. The number of hydrogen-bond donors (Lipinski definition) is 2. The third-order valence-corrected chi connectivity index (χ3v) is 2.43. The molecule has 1 atom stereocenters. The molecule has 0 aromatic heterocycles. The first-order valence-corrected chi connectivity index (χ1v) is 4.55. The quantitative estimate of drug-likeness (QED) is 0.386. The van der Waals surface area contributed by atoms with Crippen molar-refractivity contribution in [3.8, 4) is 0 Å². The highest BCUT2D eigenvalue weighted by Crippen LogP contribution is 2.25. The van der Waals surface area contributed by atoms with Gasteiger partial charge in [0, 0.05) is 6.04 Å². The molecule has 12 heavy (non-hydrogen) atoms. The van der Waals surface area contributed by atoms with Crippen LogP contribution < -0.4 is 11.3 Å². The summed E-state index contributed by atoms with van der Waals surface area (Å²) in [6, 6.07) is 0.271. The van der Waals surface area contributed by atoms with Crippen LogP contribution in [0.25, 0.3) is 0 Å². The van der Waals surface area contributed by atoms with E-state index >= 15 is 0 Å². The van der Waals surface area contributed by atoms with E-state index in [-0.39, 0.29) is 11.5 Å². The van der Waals surface area contributed by atoms with Crippen molar-refractivity contribution in [1.82, 2.24) is 5.43 Å². The Labute approximate surface area is 76.2 Å². The Hall–Kier alpha value is -0.340. The summed E-state index contributed by atoms with van der Waals surface area (Å²) in [7, 11) is 0. The van der Waals surface area contributed by atoms with E-state index in [9.17, 15) is 0 Å². The van der Waals surface area contributed by atoms with Gasteiger partial charge >= 0.3 is 0 Å². The van der Waals surface area contributed by atoms with Crippen molar-refractivity contribution in [1.29, 1.82) is 0 Å². The van der Waals surface area contributed by atoms with Gasteiger partial charge in [0.15, 0.2) is 0 Å². The van der Waals surface area contributed by atoms with Crippen LogP contribution in [-0.2, 0) is 0 Å². The highest BCUT2D eigenvalue weighted by Gasteiger charge is 2.24. The molecule has 2 nitrogen and oxygen atoms in total. The number of nitrogens with two attached hydrogens (primary N) is 1. The largest absolute Gasteiger partial charge is 0.271 e. The van der Waals surface area contributed by atoms with E-state index in [1.54, 1.807) is 0 Å². The molecule has 1 unspecified atom stereocenters. The van der Waals surface area contributed by atoms with Gasteiger partial charge in [0.2, 0.25) is 0 Å². The molecule has 0 aliphatic rings. The van der Waals surface area contributed by atoms with E-state index in [4.69, 9.17) is 5.84 Å². The maximum Gasteiger partial charge on any atom is 0.0443 e. The lowest BCUT2D eigenvalue weighted by atomic mass is 9.81. The zero-order chi connectivity index (χ0) is 9.78. The molecule has 0 saturated heterocycles. The monoisotopic (exact) mass is 170 g/mol. The molecule has 0 amide bonds. The third kappa shape index (κ3) is 3.37. The lowest BCUT2D eigenvalue weighted by molar-refractivity contribution is 0.272. The molecule has 2 heteroatoms. The van der Waals surface area contributed by atoms with Gasteiger partial charge in [0.1, 0.15) is 0 Å². The van der Waals surface area contributed by atoms with E-state index in [1.807, 2.05) is 0 Å². The normalized spacial score (nSPS) is 14.2. The van der Waals surface area contributed by atoms with Gasteiger partial charge in [-0.25, -0.2) is 0 Å². The maximum atomic E-state index is 5.49. The third-order valence-electron chi connectivity index (χ3n) is 2.43. The first kappa shape index (κ1) is 11.7. The Balaban J connectivity index is 4.45. The molecule has 0 rings (SSSR count). The Morgan fingerprint density at radius 3 is 2.25 bits per heavy atom. The van der Waals surface area contributed by atoms with Crippen LogP contribution in [-0.4, -0.2) is 6.04 Å². The van der Waals surface area contributed by atoms with Gasteiger partial charge in [0.25, 0.3) is 0 Å². The van der Waals surface area contributed by atoms with Crippen LogP contribution in [0.1, 0.15) is 41.0 Å². The predicted octanol–water partition coefficient (Wildman–Crippen LogP) is 2.22. The van der Waals surface area contributed by atoms with Gasteiger partial charge < -0.3 is 0 Å². The summed E-state index contributed by atoms with van der Waals surface area (Å²) in [5.74, 6) is 5.49. The average Bonchev–Trinajstić information content (AvgIpc) is 1.99. The number of hydrazine groups is 1. The molecular formula is C10H22N2. The van der Waals surface area contributed by atoms with Gasteiger partial charge in [-0.15, -0.1) is 0 Å². The zero-order valence-corrected chi connectivity index (χ0v) is 8.94. The summed E-state index contributed by atoms with van der Waals surface area (Å²) in [6.07, 6.45) is 3.30. The van der Waals surface area contributed by atoms with Crippen LogP contribution in [0.5, 0.6) is 0 Å². The van der Waals surface area contributed by atoms with Crippen LogP contribution >= 0.6 is 0 Å². The predicted molar refractivity (Wildman–Crippen MR) is 54.6 cm³/mol. The van der Waals surface area contributed by atoms with E-state index in [1.165, 1.54) is 5.57 Å². The van der Waals surface area contributed by atoms with E-state index in [0.717, 1.165) is 6.42 Å². The van der Waals surface area contributed by atoms with Crippen molar-refractivity contribution in [2.24, 2.45) is 11.3 Å². The molecule has 0 heterocycles. The molecule has 0 spiro atoms. The molecule has 0 saturated carbocycles. The van der Waals surface area contributed by atoms with Crippen LogP contribution in [0.15, 0.2) is 11.6 Å². The topological polar surface area (TPSA) is 38.0 Å². The Kier molecular flexibility index (Phi) is 4.50. The van der Waals surface area contributed by atoms with Gasteiger partial charge in [-0.2, -0.15) is 0 Å². The van der Waals surface area contributed by atoms with Gasteiger partial charge in [0.05, 0.1) is 0 Å². The number of rotatable bonds is 4. The lowest BCUT2D eigenvalue weighted by Crippen LogP contribution is -2.44. The maximum absolute atomic E-state index is 5.49. The fourth-order valence-corrected chi connectivity index (χ4v) is 1.05. The summed E-state index contributed by atoms with van der Waals surface area (Å²) in [4.78, 5) is 0. The van der Waals surface area contributed by atoms with Crippen molar-refractivity contribution >= 4 is 0 Å². The second kappa shape index (κ2) is 4.63. The summed E-state index contributed by atoms with van der Waals surface area (Å²) in [6.45, 7) is 10.8. The first-order chi connectivity index (χ1) is 5.44. The van der Waals surface area contributed by atoms with Crippen molar-refractivity contribution < 1.29 is 0 Å². The summed E-state index contributed by atoms with van der Waals surface area (Å²) < 4.78 is 0. The van der Waals surface area contributed by atoms with Crippen LogP contribution in [0, 0.1) is 5.41 Å². The first-order valence-electron chi connectivity index (χ1n) is 4.55. The molecule has 72 valence electrons. The Bertz CT molecular complexity index is 155. The van der Waals surface area contributed by atoms with Gasteiger partial charge in [-0.05, 0) is 25.7 Å². The Morgan fingerprint density at radius 2 is 2.00 bits per heavy atom. The van der Waals surface area contributed by atoms with E-state index in [2.05, 4.69) is 46.1 Å². The lowest BCUT2D eigenvalue weighted by Gasteiger charge is -2.31. The van der Waals surface area contributed by atoms with Crippen molar-refractivity contribution in [3.63, 3.8) is 0 Å². The van der Waals surface area contributed by atoms with Gasteiger partial charge in [-0.1, -0.05) is 32.4 Å². The average molecular weight is 170 g/mol. The smallest absolute Gasteiger partial charge is 0.0443 e. The minimum absolute atomic E-state index is 0.228. The highest BCUT2D eigenvalue weighted by atomic mass is 15.2. The zero-order valence-electron chi connectivity index (χ0n) is 8.94. The SMILES string of the molecule is CCC(C)(C)C(C=C(C)C)NN. The summed E-state index contributed by atoms with van der Waals surface area (Å²) in [5, 5.41) is 0. The van der Waals surface area contributed by atoms with E-state index < -0.39 is 0 Å². The highest BCUT2D eigenvalue weighted by molar-refractivity contribution is 5.05. The van der Waals surface area contributed by atoms with Crippen LogP contribution in [0.2, 0.25) is 0 Å². The van der Waals surface area contributed by atoms with Crippen molar-refractivity contribution in [2.75, 3.05) is 0 Å². The number of hydrogen-bond acceptors (Lipinski definition) is 2. The molecule has 0 aromatic carbocycles. The van der Waals surface area contributed by atoms with Crippen LogP contribution in [0.3, 0.4) is 0 Å². The molecular weight excluding hydrogens is 148 g/mol. The molecule has 3 N–H and O–H groups in total. The summed E-state index contributed by atoms with van der Waals surface area (Å²) in [5.41, 5.74) is 4.38. The van der Waals surface area contributed by atoms with Crippen molar-refractivity contribution in [2.45, 2.75) is 47.1 Å². The summed E-state index contributed by atoms with van der Waals surface area (Å²) >= 11 is 0. The van der Waals surface area contributed by atoms with Crippen LogP contribution in [0.4, 0.5) is 0 Å². The molecule has 0 radical (unpaired) electrons. The fourth-order valence-electron chi connectivity index (χ4n) is 1.05.